The Labute approximate surface area is 189 Å². The molecule has 3 aromatic carbocycles. The van der Waals surface area contributed by atoms with Crippen LogP contribution in [0.1, 0.15) is 60.6 Å². The molecule has 2 aliphatic rings. The summed E-state index contributed by atoms with van der Waals surface area (Å²) in [7, 11) is 1.74. The van der Waals surface area contributed by atoms with Gasteiger partial charge >= 0.3 is 0 Å². The van der Waals surface area contributed by atoms with Crippen molar-refractivity contribution < 1.29 is 9.53 Å². The van der Waals surface area contributed by atoms with E-state index < -0.39 is 0 Å². The molecule has 1 aliphatic carbocycles. The normalized spacial score (nSPS) is 21.6. The van der Waals surface area contributed by atoms with E-state index in [-0.39, 0.29) is 23.4 Å². The van der Waals surface area contributed by atoms with Crippen molar-refractivity contribution in [2.45, 2.75) is 44.7 Å². The largest absolute Gasteiger partial charge is 0.496 e. The lowest BCUT2D eigenvalue weighted by Crippen LogP contribution is -2.40. The van der Waals surface area contributed by atoms with Crippen LogP contribution >= 0.6 is 0 Å². The molecule has 5 rings (SSSR count). The lowest BCUT2D eigenvalue weighted by atomic mass is 9.75. The fourth-order valence-corrected chi connectivity index (χ4v) is 5.21. The molecule has 164 valence electrons. The summed E-state index contributed by atoms with van der Waals surface area (Å²) >= 11 is 0. The minimum atomic E-state index is -0.267. The Kier molecular flexibility index (Phi) is 4.96. The second-order valence-electron chi connectivity index (χ2n) is 9.88. The summed E-state index contributed by atoms with van der Waals surface area (Å²) in [5.74, 6) is 1.51. The molecule has 3 aromatic rings. The molecular formula is C28H30N2O2. The number of benzene rings is 3. The Morgan fingerprint density at radius 3 is 2.69 bits per heavy atom. The van der Waals surface area contributed by atoms with Crippen molar-refractivity contribution in [1.29, 1.82) is 0 Å². The molecule has 4 nitrogen and oxygen atoms in total. The van der Waals surface area contributed by atoms with E-state index in [1.165, 1.54) is 21.9 Å². The maximum atomic E-state index is 12.8. The molecule has 1 heterocycles. The first-order chi connectivity index (χ1) is 15.4. The highest BCUT2D eigenvalue weighted by Crippen LogP contribution is 2.52. The van der Waals surface area contributed by atoms with Crippen LogP contribution in [0.4, 0.5) is 5.69 Å². The zero-order valence-corrected chi connectivity index (χ0v) is 19.1. The number of hydrogen-bond acceptors (Lipinski definition) is 3. The Bertz CT molecular complexity index is 1220. The molecule has 0 saturated carbocycles. The number of anilines is 1. The summed E-state index contributed by atoms with van der Waals surface area (Å²) in [5, 5.41) is 9.33. The second kappa shape index (κ2) is 7.70. The number of allylic oxidation sites excluding steroid dienone is 2. The summed E-state index contributed by atoms with van der Waals surface area (Å²) in [5.41, 5.74) is 3.94. The number of methoxy groups -OCH3 is 1. The monoisotopic (exact) mass is 426 g/mol. The third-order valence-electron chi connectivity index (χ3n) is 6.58. The summed E-state index contributed by atoms with van der Waals surface area (Å²) in [6.45, 7) is 6.01. The highest BCUT2D eigenvalue weighted by Gasteiger charge is 2.40. The molecule has 2 N–H and O–H groups in total. The van der Waals surface area contributed by atoms with E-state index in [4.69, 9.17) is 4.74 Å². The van der Waals surface area contributed by atoms with Crippen LogP contribution in [0.2, 0.25) is 0 Å². The van der Waals surface area contributed by atoms with Gasteiger partial charge in [0.15, 0.2) is 0 Å². The third-order valence-corrected chi connectivity index (χ3v) is 6.58. The van der Waals surface area contributed by atoms with E-state index in [9.17, 15) is 4.79 Å². The fourth-order valence-electron chi connectivity index (χ4n) is 5.21. The number of nitrogens with one attached hydrogen (secondary N) is 2. The second-order valence-corrected chi connectivity index (χ2v) is 9.88. The third kappa shape index (κ3) is 3.54. The van der Waals surface area contributed by atoms with Gasteiger partial charge in [-0.25, -0.2) is 0 Å². The topological polar surface area (TPSA) is 50.4 Å². The number of amides is 1. The molecule has 0 fully saturated rings. The van der Waals surface area contributed by atoms with Crippen molar-refractivity contribution in [3.8, 4) is 5.75 Å². The number of fused-ring (bicyclic) bond motifs is 4. The Morgan fingerprint density at radius 1 is 1.09 bits per heavy atom. The van der Waals surface area contributed by atoms with Gasteiger partial charge in [0.05, 0.1) is 13.2 Å². The van der Waals surface area contributed by atoms with E-state index in [0.717, 1.165) is 17.9 Å². The van der Waals surface area contributed by atoms with Crippen LogP contribution in [0.3, 0.4) is 0 Å². The maximum Gasteiger partial charge on any atom is 0.251 e. The minimum absolute atomic E-state index is 0.0309. The Morgan fingerprint density at radius 2 is 1.91 bits per heavy atom. The summed E-state index contributed by atoms with van der Waals surface area (Å²) < 4.78 is 5.83. The number of carbonyl (C=O) groups is 1. The van der Waals surface area contributed by atoms with E-state index in [2.05, 4.69) is 71.3 Å². The predicted octanol–water partition coefficient (Wildman–Crippen LogP) is 6.20. The van der Waals surface area contributed by atoms with Crippen LogP contribution in [0.15, 0.2) is 66.7 Å². The first-order valence-electron chi connectivity index (χ1n) is 11.3. The van der Waals surface area contributed by atoms with E-state index in [0.29, 0.717) is 11.5 Å². The quantitative estimate of drug-likeness (QED) is 0.490. The molecule has 3 unspecified atom stereocenters. The van der Waals surface area contributed by atoms with Gasteiger partial charge in [-0.15, -0.1) is 0 Å². The van der Waals surface area contributed by atoms with Gasteiger partial charge in [-0.05, 0) is 73.7 Å². The van der Waals surface area contributed by atoms with Crippen LogP contribution in [-0.2, 0) is 0 Å². The average molecular weight is 427 g/mol. The molecule has 1 amide bonds. The predicted molar refractivity (Wildman–Crippen MR) is 131 cm³/mol. The summed E-state index contributed by atoms with van der Waals surface area (Å²) in [6.07, 6.45) is 5.57. The molecule has 0 aromatic heterocycles. The van der Waals surface area contributed by atoms with Gasteiger partial charge < -0.3 is 15.4 Å². The van der Waals surface area contributed by atoms with Crippen LogP contribution in [0, 0.1) is 5.92 Å². The first kappa shape index (κ1) is 20.6. The lowest BCUT2D eigenvalue weighted by molar-refractivity contribution is 0.0919. The van der Waals surface area contributed by atoms with Gasteiger partial charge in [0.1, 0.15) is 5.75 Å². The van der Waals surface area contributed by atoms with Crippen molar-refractivity contribution in [1.82, 2.24) is 5.32 Å². The van der Waals surface area contributed by atoms with Crippen molar-refractivity contribution in [3.63, 3.8) is 0 Å². The highest BCUT2D eigenvalue weighted by molar-refractivity contribution is 5.95. The molecule has 3 atom stereocenters. The Balaban J connectivity index is 1.59. The number of carbonyl (C=O) groups excluding carboxylic acids is 1. The fraction of sp³-hybridized carbons (Fsp3) is 0.321. The molecule has 0 saturated heterocycles. The van der Waals surface area contributed by atoms with Crippen LogP contribution in [-0.4, -0.2) is 18.6 Å². The van der Waals surface area contributed by atoms with Crippen molar-refractivity contribution in [2.75, 3.05) is 12.4 Å². The zero-order valence-electron chi connectivity index (χ0n) is 19.1. The molecule has 0 bridgehead atoms. The van der Waals surface area contributed by atoms with Crippen LogP contribution in [0.25, 0.3) is 10.8 Å². The standard InChI is InChI=1S/C28H30N2O2/c1-28(2,3)30-27(31)18-12-14-23-22(16-18)20-10-7-11-21(20)26(29-23)25-19-9-6-5-8-17(19)13-15-24(25)32-4/h5-10,12-16,20-21,26,29H,11H2,1-4H3,(H,30,31). The van der Waals surface area contributed by atoms with Gasteiger partial charge in [0.25, 0.3) is 5.91 Å². The SMILES string of the molecule is COc1ccc2ccccc2c1C1Nc2ccc(C(=O)NC(C)(C)C)cc2C2C=CCC21. The van der Waals surface area contributed by atoms with Crippen LogP contribution in [0.5, 0.6) is 5.75 Å². The number of hydrogen-bond donors (Lipinski definition) is 2. The van der Waals surface area contributed by atoms with Gasteiger partial charge in [-0.3, -0.25) is 4.79 Å². The zero-order chi connectivity index (χ0) is 22.5. The molecular weight excluding hydrogens is 396 g/mol. The smallest absolute Gasteiger partial charge is 0.251 e. The average Bonchev–Trinajstić information content (AvgIpc) is 3.26. The number of rotatable bonds is 3. The molecule has 0 spiro atoms. The molecule has 32 heavy (non-hydrogen) atoms. The van der Waals surface area contributed by atoms with Gasteiger partial charge in [-0.1, -0.05) is 42.5 Å². The first-order valence-corrected chi connectivity index (χ1v) is 11.3. The van der Waals surface area contributed by atoms with E-state index in [1.54, 1.807) is 7.11 Å². The minimum Gasteiger partial charge on any atom is -0.496 e. The lowest BCUT2D eigenvalue weighted by Gasteiger charge is -2.38. The van der Waals surface area contributed by atoms with E-state index in [1.807, 2.05) is 26.8 Å². The number of ether oxygens (including phenoxy) is 1. The Hall–Kier alpha value is -3.27. The molecule has 4 heteroatoms. The van der Waals surface area contributed by atoms with Gasteiger partial charge in [0, 0.05) is 28.3 Å². The molecule has 0 radical (unpaired) electrons. The maximum absolute atomic E-state index is 12.8. The van der Waals surface area contributed by atoms with E-state index >= 15 is 0 Å². The molecule has 1 aliphatic heterocycles. The summed E-state index contributed by atoms with van der Waals surface area (Å²) in [6, 6.07) is 18.9. The van der Waals surface area contributed by atoms with Crippen molar-refractivity contribution in [3.05, 3.63) is 83.4 Å². The summed E-state index contributed by atoms with van der Waals surface area (Å²) in [4.78, 5) is 12.8. The van der Waals surface area contributed by atoms with Gasteiger partial charge in [-0.2, -0.15) is 0 Å². The van der Waals surface area contributed by atoms with Crippen LogP contribution < -0.4 is 15.4 Å². The van der Waals surface area contributed by atoms with Crippen molar-refractivity contribution >= 4 is 22.4 Å². The highest BCUT2D eigenvalue weighted by atomic mass is 16.5. The van der Waals surface area contributed by atoms with Crippen molar-refractivity contribution in [2.24, 2.45) is 5.92 Å². The van der Waals surface area contributed by atoms with Gasteiger partial charge in [0.2, 0.25) is 0 Å².